The molecular formula is C17H23N3O2S. The van der Waals surface area contributed by atoms with Gasteiger partial charge in [0.05, 0.1) is 27.7 Å². The fourth-order valence-corrected chi connectivity index (χ4v) is 4.16. The molecule has 2 heterocycles. The maximum absolute atomic E-state index is 12.3. The number of piperidine rings is 1. The zero-order chi connectivity index (χ0) is 16.2. The highest BCUT2D eigenvalue weighted by molar-refractivity contribution is 7.18. The van der Waals surface area contributed by atoms with Crippen LogP contribution < -0.4 is 5.73 Å². The van der Waals surface area contributed by atoms with Gasteiger partial charge in [-0.1, -0.05) is 12.1 Å². The van der Waals surface area contributed by atoms with Crippen molar-refractivity contribution >= 4 is 27.5 Å². The van der Waals surface area contributed by atoms with Crippen LogP contribution >= 0.6 is 11.3 Å². The molecule has 0 aliphatic carbocycles. The molecule has 2 N–H and O–H groups in total. The Bertz CT molecular complexity index is 628. The molecule has 1 unspecified atom stereocenters. The third-order valence-electron chi connectivity index (χ3n) is 4.51. The SMILES string of the molecule is COC(CN)CC(=O)N1CCC(c2nc3ccccc3s2)CC1. The summed E-state index contributed by atoms with van der Waals surface area (Å²) in [6.45, 7) is 1.96. The average Bonchev–Trinajstić information content (AvgIpc) is 3.03. The number of carbonyl (C=O) groups is 1. The van der Waals surface area contributed by atoms with Crippen molar-refractivity contribution in [3.63, 3.8) is 0 Å². The Balaban J connectivity index is 1.58. The molecule has 1 aromatic heterocycles. The Morgan fingerprint density at radius 1 is 1.43 bits per heavy atom. The Morgan fingerprint density at radius 3 is 2.83 bits per heavy atom. The van der Waals surface area contributed by atoms with Crippen LogP contribution in [-0.4, -0.2) is 48.6 Å². The number of rotatable bonds is 5. The summed E-state index contributed by atoms with van der Waals surface area (Å²) in [4.78, 5) is 19.0. The number of ether oxygens (including phenoxy) is 1. The van der Waals surface area contributed by atoms with Gasteiger partial charge in [-0.15, -0.1) is 11.3 Å². The molecule has 1 fully saturated rings. The third-order valence-corrected chi connectivity index (χ3v) is 5.70. The average molecular weight is 333 g/mol. The summed E-state index contributed by atoms with van der Waals surface area (Å²) in [5.41, 5.74) is 6.67. The highest BCUT2D eigenvalue weighted by Gasteiger charge is 2.26. The molecule has 1 atom stereocenters. The molecule has 1 amide bonds. The first-order valence-electron chi connectivity index (χ1n) is 8.07. The number of hydrogen-bond donors (Lipinski definition) is 1. The lowest BCUT2D eigenvalue weighted by atomic mass is 9.97. The molecule has 0 bridgehead atoms. The topological polar surface area (TPSA) is 68.5 Å². The number of nitrogens with two attached hydrogens (primary N) is 1. The lowest BCUT2D eigenvalue weighted by molar-refractivity contribution is -0.134. The highest BCUT2D eigenvalue weighted by atomic mass is 32.1. The van der Waals surface area contributed by atoms with Gasteiger partial charge in [-0.25, -0.2) is 4.98 Å². The van der Waals surface area contributed by atoms with Crippen LogP contribution in [0.2, 0.25) is 0 Å². The summed E-state index contributed by atoms with van der Waals surface area (Å²) in [5, 5.41) is 1.20. The smallest absolute Gasteiger partial charge is 0.225 e. The number of amides is 1. The van der Waals surface area contributed by atoms with E-state index in [9.17, 15) is 4.79 Å². The van der Waals surface area contributed by atoms with Gasteiger partial charge in [-0.05, 0) is 25.0 Å². The maximum atomic E-state index is 12.3. The van der Waals surface area contributed by atoms with Gasteiger partial charge in [0, 0.05) is 32.7 Å². The molecule has 124 valence electrons. The Morgan fingerprint density at radius 2 is 2.17 bits per heavy atom. The quantitative estimate of drug-likeness (QED) is 0.912. The lowest BCUT2D eigenvalue weighted by Gasteiger charge is -2.32. The Kier molecular flexibility index (Phi) is 5.25. The van der Waals surface area contributed by atoms with Gasteiger partial charge in [0.2, 0.25) is 5.91 Å². The Labute approximate surface area is 140 Å². The summed E-state index contributed by atoms with van der Waals surface area (Å²) in [6.07, 6.45) is 2.15. The largest absolute Gasteiger partial charge is 0.380 e. The van der Waals surface area contributed by atoms with Crippen LogP contribution in [0, 0.1) is 0 Å². The number of aromatic nitrogens is 1. The van der Waals surface area contributed by atoms with Gasteiger partial charge in [-0.2, -0.15) is 0 Å². The van der Waals surface area contributed by atoms with E-state index < -0.39 is 0 Å². The van der Waals surface area contributed by atoms with E-state index in [-0.39, 0.29) is 12.0 Å². The van der Waals surface area contributed by atoms with Crippen LogP contribution in [0.3, 0.4) is 0 Å². The number of fused-ring (bicyclic) bond motifs is 1. The van der Waals surface area contributed by atoms with Crippen molar-refractivity contribution in [3.05, 3.63) is 29.3 Å². The molecule has 23 heavy (non-hydrogen) atoms. The minimum Gasteiger partial charge on any atom is -0.380 e. The van der Waals surface area contributed by atoms with E-state index in [4.69, 9.17) is 15.5 Å². The van der Waals surface area contributed by atoms with E-state index in [1.165, 1.54) is 9.71 Å². The summed E-state index contributed by atoms with van der Waals surface area (Å²) in [6, 6.07) is 8.25. The zero-order valence-corrected chi connectivity index (χ0v) is 14.2. The fourth-order valence-electron chi connectivity index (χ4n) is 3.03. The molecule has 2 aromatic rings. The summed E-state index contributed by atoms with van der Waals surface area (Å²) in [7, 11) is 1.60. The molecular weight excluding hydrogens is 310 g/mol. The van der Waals surface area contributed by atoms with E-state index in [0.29, 0.717) is 18.9 Å². The van der Waals surface area contributed by atoms with Crippen LogP contribution in [0.1, 0.15) is 30.2 Å². The third kappa shape index (κ3) is 3.71. The first kappa shape index (κ1) is 16.4. The van der Waals surface area contributed by atoms with Gasteiger partial charge >= 0.3 is 0 Å². The van der Waals surface area contributed by atoms with E-state index in [0.717, 1.165) is 31.4 Å². The maximum Gasteiger partial charge on any atom is 0.225 e. The van der Waals surface area contributed by atoms with Gasteiger partial charge in [0.25, 0.3) is 0 Å². The van der Waals surface area contributed by atoms with Crippen molar-refractivity contribution in [2.75, 3.05) is 26.7 Å². The molecule has 1 aromatic carbocycles. The van der Waals surface area contributed by atoms with Crippen molar-refractivity contribution < 1.29 is 9.53 Å². The van der Waals surface area contributed by atoms with Crippen LogP contribution in [0.5, 0.6) is 0 Å². The minimum absolute atomic E-state index is 0.144. The van der Waals surface area contributed by atoms with Crippen LogP contribution in [-0.2, 0) is 9.53 Å². The van der Waals surface area contributed by atoms with Gasteiger partial charge in [0.1, 0.15) is 0 Å². The molecule has 0 spiro atoms. The predicted molar refractivity (Wildman–Crippen MR) is 92.6 cm³/mol. The lowest BCUT2D eigenvalue weighted by Crippen LogP contribution is -2.40. The normalized spacial score (nSPS) is 17.6. The summed E-state index contributed by atoms with van der Waals surface area (Å²) in [5.74, 6) is 0.606. The zero-order valence-electron chi connectivity index (χ0n) is 13.4. The molecule has 0 saturated carbocycles. The summed E-state index contributed by atoms with van der Waals surface area (Å²) >= 11 is 1.78. The highest BCUT2D eigenvalue weighted by Crippen LogP contribution is 2.33. The van der Waals surface area contributed by atoms with E-state index in [2.05, 4.69) is 18.2 Å². The molecule has 5 nitrogen and oxygen atoms in total. The molecule has 3 rings (SSSR count). The Hall–Kier alpha value is -1.50. The van der Waals surface area contributed by atoms with Crippen LogP contribution in [0.15, 0.2) is 24.3 Å². The number of hydrogen-bond acceptors (Lipinski definition) is 5. The van der Waals surface area contributed by atoms with E-state index in [1.807, 2.05) is 11.0 Å². The van der Waals surface area contributed by atoms with Crippen molar-refractivity contribution in [1.82, 2.24) is 9.88 Å². The van der Waals surface area contributed by atoms with Gasteiger partial charge in [-0.3, -0.25) is 4.79 Å². The van der Waals surface area contributed by atoms with Crippen molar-refractivity contribution in [1.29, 1.82) is 0 Å². The molecule has 0 radical (unpaired) electrons. The van der Waals surface area contributed by atoms with Crippen LogP contribution in [0.4, 0.5) is 0 Å². The minimum atomic E-state index is -0.176. The van der Waals surface area contributed by atoms with Crippen molar-refractivity contribution in [2.24, 2.45) is 5.73 Å². The van der Waals surface area contributed by atoms with E-state index >= 15 is 0 Å². The number of methoxy groups -OCH3 is 1. The van der Waals surface area contributed by atoms with Gasteiger partial charge < -0.3 is 15.4 Å². The standard InChI is InChI=1S/C17H23N3O2S/c1-22-13(11-18)10-16(21)20-8-6-12(7-9-20)17-19-14-4-2-3-5-15(14)23-17/h2-5,12-13H,6-11,18H2,1H3. The molecule has 1 aliphatic heterocycles. The number of thiazole rings is 1. The number of likely N-dealkylation sites (tertiary alicyclic amines) is 1. The number of carbonyl (C=O) groups excluding carboxylic acids is 1. The van der Waals surface area contributed by atoms with Crippen LogP contribution in [0.25, 0.3) is 10.2 Å². The second kappa shape index (κ2) is 7.38. The number of para-hydroxylation sites is 1. The molecule has 1 saturated heterocycles. The second-order valence-electron chi connectivity index (χ2n) is 5.97. The first-order chi connectivity index (χ1) is 11.2. The fraction of sp³-hybridized carbons (Fsp3) is 0.529. The van der Waals surface area contributed by atoms with E-state index in [1.54, 1.807) is 18.4 Å². The predicted octanol–water partition coefficient (Wildman–Crippen LogP) is 2.37. The summed E-state index contributed by atoms with van der Waals surface area (Å²) < 4.78 is 6.45. The number of nitrogens with zero attached hydrogens (tertiary/aromatic N) is 2. The van der Waals surface area contributed by atoms with Crippen molar-refractivity contribution in [2.45, 2.75) is 31.3 Å². The van der Waals surface area contributed by atoms with Gasteiger partial charge in [0.15, 0.2) is 0 Å². The van der Waals surface area contributed by atoms with Crippen molar-refractivity contribution in [3.8, 4) is 0 Å². The monoisotopic (exact) mass is 333 g/mol. The molecule has 1 aliphatic rings. The number of benzene rings is 1. The first-order valence-corrected chi connectivity index (χ1v) is 8.89. The second-order valence-corrected chi connectivity index (χ2v) is 7.03. The molecule has 6 heteroatoms.